The molecular formula is C16H20Cl3NO. The van der Waals surface area contributed by atoms with E-state index >= 15 is 0 Å². The van der Waals surface area contributed by atoms with E-state index in [1.165, 1.54) is 24.8 Å². The van der Waals surface area contributed by atoms with Gasteiger partial charge in [0.2, 0.25) is 5.90 Å². The Morgan fingerprint density at radius 3 is 2.29 bits per heavy atom. The molecule has 0 saturated heterocycles. The van der Waals surface area contributed by atoms with Gasteiger partial charge in [0.15, 0.2) is 0 Å². The molecule has 1 aliphatic rings. The Morgan fingerprint density at radius 2 is 1.71 bits per heavy atom. The minimum absolute atomic E-state index is 0.0435. The molecule has 0 aliphatic heterocycles. The Hall–Kier alpha value is -0.440. The molecule has 2 rings (SSSR count). The summed E-state index contributed by atoms with van der Waals surface area (Å²) < 4.78 is 3.73. The normalized spacial score (nSPS) is 18.2. The molecule has 0 radical (unpaired) electrons. The average Bonchev–Trinajstić information content (AvgIpc) is 2.46. The average molecular weight is 349 g/mol. The van der Waals surface area contributed by atoms with Crippen LogP contribution in [0.15, 0.2) is 30.3 Å². The first kappa shape index (κ1) is 16.9. The van der Waals surface area contributed by atoms with Crippen LogP contribution in [-0.4, -0.2) is 16.3 Å². The van der Waals surface area contributed by atoms with Gasteiger partial charge in [-0.15, -0.1) is 0 Å². The van der Waals surface area contributed by atoms with Crippen LogP contribution in [0.3, 0.4) is 0 Å². The van der Waals surface area contributed by atoms with Gasteiger partial charge in [-0.2, -0.15) is 0 Å². The zero-order valence-corrected chi connectivity index (χ0v) is 14.1. The highest BCUT2D eigenvalue weighted by atomic mass is 35.6. The Bertz CT molecular complexity index is 464. The van der Waals surface area contributed by atoms with Crippen molar-refractivity contribution in [2.24, 2.45) is 5.41 Å². The van der Waals surface area contributed by atoms with Crippen molar-refractivity contribution in [2.75, 3.05) is 6.61 Å². The molecule has 0 aromatic heterocycles. The lowest BCUT2D eigenvalue weighted by molar-refractivity contribution is 0.0878. The first-order valence-electron chi connectivity index (χ1n) is 7.24. The van der Waals surface area contributed by atoms with E-state index in [0.29, 0.717) is 6.61 Å². The molecule has 0 unspecified atom stereocenters. The Labute approximate surface area is 141 Å². The molecule has 1 aromatic carbocycles. The van der Waals surface area contributed by atoms with Gasteiger partial charge in [-0.05, 0) is 24.8 Å². The zero-order valence-electron chi connectivity index (χ0n) is 11.9. The molecule has 21 heavy (non-hydrogen) atoms. The van der Waals surface area contributed by atoms with Crippen molar-refractivity contribution in [3.63, 3.8) is 0 Å². The van der Waals surface area contributed by atoms with Crippen molar-refractivity contribution < 1.29 is 4.74 Å². The summed E-state index contributed by atoms with van der Waals surface area (Å²) in [5.74, 6) is -0.287. The highest BCUT2D eigenvalue weighted by Gasteiger charge is 2.36. The van der Waals surface area contributed by atoms with Crippen molar-refractivity contribution >= 4 is 40.7 Å². The smallest absolute Gasteiger partial charge is 0.265 e. The number of nitrogens with one attached hydrogen (secondary N) is 1. The van der Waals surface area contributed by atoms with Crippen LogP contribution in [-0.2, 0) is 11.2 Å². The highest BCUT2D eigenvalue weighted by molar-refractivity contribution is 6.76. The molecule has 0 spiro atoms. The predicted octanol–water partition coefficient (Wildman–Crippen LogP) is 5.54. The van der Waals surface area contributed by atoms with Gasteiger partial charge in [0.05, 0.1) is 6.61 Å². The van der Waals surface area contributed by atoms with E-state index < -0.39 is 3.79 Å². The maximum atomic E-state index is 7.71. The van der Waals surface area contributed by atoms with Crippen molar-refractivity contribution in [3.8, 4) is 0 Å². The van der Waals surface area contributed by atoms with Gasteiger partial charge >= 0.3 is 0 Å². The lowest BCUT2D eigenvalue weighted by Crippen LogP contribution is -2.35. The largest absolute Gasteiger partial charge is 0.477 e. The van der Waals surface area contributed by atoms with E-state index in [1.807, 2.05) is 6.07 Å². The first-order valence-corrected chi connectivity index (χ1v) is 8.37. The monoisotopic (exact) mass is 347 g/mol. The predicted molar refractivity (Wildman–Crippen MR) is 89.6 cm³/mol. The summed E-state index contributed by atoms with van der Waals surface area (Å²) in [4.78, 5) is 0. The number of ether oxygens (including phenoxy) is 1. The summed E-state index contributed by atoms with van der Waals surface area (Å²) in [6.07, 6.45) is 6.78. The number of hydrogen-bond donors (Lipinski definition) is 1. The molecule has 116 valence electrons. The minimum Gasteiger partial charge on any atom is -0.477 e. The van der Waals surface area contributed by atoms with Crippen LogP contribution in [0.25, 0.3) is 0 Å². The molecule has 0 heterocycles. The van der Waals surface area contributed by atoms with Crippen LogP contribution < -0.4 is 0 Å². The fraction of sp³-hybridized carbons (Fsp3) is 0.562. The summed E-state index contributed by atoms with van der Waals surface area (Å²) in [6.45, 7) is 0.439. The number of halogens is 3. The van der Waals surface area contributed by atoms with Gasteiger partial charge in [0.25, 0.3) is 3.79 Å². The quantitative estimate of drug-likeness (QED) is 0.432. The molecule has 1 aliphatic carbocycles. The van der Waals surface area contributed by atoms with Gasteiger partial charge in [-0.3, -0.25) is 5.41 Å². The number of rotatable bonds is 4. The van der Waals surface area contributed by atoms with Crippen molar-refractivity contribution in [1.82, 2.24) is 0 Å². The molecule has 1 N–H and O–H groups in total. The second-order valence-corrected chi connectivity index (χ2v) is 8.12. The van der Waals surface area contributed by atoms with Gasteiger partial charge in [0, 0.05) is 5.41 Å². The third kappa shape index (κ3) is 5.05. The molecule has 1 aromatic rings. The van der Waals surface area contributed by atoms with Crippen molar-refractivity contribution in [3.05, 3.63) is 35.9 Å². The zero-order chi connectivity index (χ0) is 15.3. The number of benzene rings is 1. The molecule has 0 amide bonds. The summed E-state index contributed by atoms with van der Waals surface area (Å²) in [7, 11) is 0. The van der Waals surface area contributed by atoms with E-state index in [-0.39, 0.29) is 11.3 Å². The van der Waals surface area contributed by atoms with Crippen LogP contribution in [0.1, 0.15) is 37.7 Å². The molecule has 0 bridgehead atoms. The summed E-state index contributed by atoms with van der Waals surface area (Å²) in [5.41, 5.74) is 1.34. The van der Waals surface area contributed by atoms with Crippen LogP contribution in [0.2, 0.25) is 0 Å². The molecular weight excluding hydrogens is 329 g/mol. The van der Waals surface area contributed by atoms with E-state index in [1.54, 1.807) is 0 Å². The fourth-order valence-corrected chi connectivity index (χ4v) is 3.17. The SMILES string of the molecule is N=C(OCC1(Cc2ccccc2)CCCCC1)C(Cl)(Cl)Cl. The number of alkyl halides is 3. The second-order valence-electron chi connectivity index (χ2n) is 5.84. The molecule has 1 fully saturated rings. The molecule has 0 atom stereocenters. The van der Waals surface area contributed by atoms with E-state index in [9.17, 15) is 0 Å². The molecule has 1 saturated carbocycles. The molecule has 5 heteroatoms. The minimum atomic E-state index is -1.78. The maximum Gasteiger partial charge on any atom is 0.265 e. The van der Waals surface area contributed by atoms with Gasteiger partial charge in [-0.1, -0.05) is 84.4 Å². The Balaban J connectivity index is 2.05. The van der Waals surface area contributed by atoms with Gasteiger partial charge < -0.3 is 4.74 Å². The van der Waals surface area contributed by atoms with Crippen LogP contribution >= 0.6 is 34.8 Å². The summed E-state index contributed by atoms with van der Waals surface area (Å²) in [6, 6.07) is 10.4. The fourth-order valence-electron chi connectivity index (χ4n) is 3.01. The van der Waals surface area contributed by atoms with E-state index in [4.69, 9.17) is 44.9 Å². The lowest BCUT2D eigenvalue weighted by atomic mass is 9.71. The topological polar surface area (TPSA) is 33.1 Å². The summed E-state index contributed by atoms with van der Waals surface area (Å²) in [5, 5.41) is 7.71. The van der Waals surface area contributed by atoms with E-state index in [0.717, 1.165) is 19.3 Å². The number of hydrogen-bond acceptors (Lipinski definition) is 2. The van der Waals surface area contributed by atoms with E-state index in [2.05, 4.69) is 24.3 Å². The Kier molecular flexibility index (Phi) is 5.81. The Morgan fingerprint density at radius 1 is 1.10 bits per heavy atom. The van der Waals surface area contributed by atoms with Gasteiger partial charge in [0.1, 0.15) is 0 Å². The van der Waals surface area contributed by atoms with Crippen LogP contribution in [0.5, 0.6) is 0 Å². The van der Waals surface area contributed by atoms with Crippen LogP contribution in [0, 0.1) is 10.8 Å². The first-order chi connectivity index (χ1) is 9.91. The third-order valence-electron chi connectivity index (χ3n) is 4.12. The third-order valence-corrected chi connectivity index (χ3v) is 4.63. The van der Waals surface area contributed by atoms with Crippen molar-refractivity contribution in [1.29, 1.82) is 5.41 Å². The highest BCUT2D eigenvalue weighted by Crippen LogP contribution is 2.40. The maximum absolute atomic E-state index is 7.71. The summed E-state index contributed by atoms with van der Waals surface area (Å²) >= 11 is 17.1. The van der Waals surface area contributed by atoms with Gasteiger partial charge in [-0.25, -0.2) is 0 Å². The lowest BCUT2D eigenvalue weighted by Gasteiger charge is -2.37. The standard InChI is InChI=1S/C16H20Cl3NO/c17-16(18,19)14(20)21-12-15(9-5-2-6-10-15)11-13-7-3-1-4-8-13/h1,3-4,7-8,20H,2,5-6,9-12H2. The van der Waals surface area contributed by atoms with Crippen molar-refractivity contribution in [2.45, 2.75) is 42.3 Å². The second kappa shape index (κ2) is 7.21. The molecule has 2 nitrogen and oxygen atoms in total. The van der Waals surface area contributed by atoms with Crippen LogP contribution in [0.4, 0.5) is 0 Å².